The summed E-state index contributed by atoms with van der Waals surface area (Å²) in [6.45, 7) is 1.43. The molecule has 0 saturated heterocycles. The monoisotopic (exact) mass is 152 g/mol. The van der Waals surface area contributed by atoms with Gasteiger partial charge < -0.3 is 0 Å². The molecule has 10 heavy (non-hydrogen) atoms. The first-order valence-corrected chi connectivity index (χ1v) is 3.48. The van der Waals surface area contributed by atoms with Crippen LogP contribution in [0, 0.1) is 11.3 Å². The highest BCUT2D eigenvalue weighted by atomic mass is 32.1. The summed E-state index contributed by atoms with van der Waals surface area (Å²) in [7, 11) is 0. The van der Waals surface area contributed by atoms with Crippen LogP contribution in [0.1, 0.15) is 22.4 Å². The Morgan fingerprint density at radius 1 is 1.90 bits per heavy atom. The third-order valence-corrected chi connectivity index (χ3v) is 1.86. The van der Waals surface area contributed by atoms with E-state index in [1.54, 1.807) is 5.38 Å². The van der Waals surface area contributed by atoms with E-state index in [2.05, 4.69) is 4.98 Å². The molecule has 0 amide bonds. The van der Waals surface area contributed by atoms with Crippen molar-refractivity contribution in [3.05, 3.63) is 16.1 Å². The molecule has 1 aromatic rings. The highest BCUT2D eigenvalue weighted by Crippen LogP contribution is 2.08. The fourth-order valence-corrected chi connectivity index (χ4v) is 1.13. The van der Waals surface area contributed by atoms with E-state index in [0.717, 1.165) is 0 Å². The summed E-state index contributed by atoms with van der Waals surface area (Å²) in [5.74, 6) is -0.0912. The van der Waals surface area contributed by atoms with Gasteiger partial charge in [-0.2, -0.15) is 5.26 Å². The molecule has 1 aromatic heterocycles. The number of thiazole rings is 1. The lowest BCUT2D eigenvalue weighted by Gasteiger charge is -1.79. The topological polar surface area (TPSA) is 53.8 Å². The van der Waals surface area contributed by atoms with Crippen LogP contribution in [0.3, 0.4) is 0 Å². The molecule has 50 valence electrons. The fraction of sp³-hybridized carbons (Fsp3) is 0.167. The molecule has 0 bridgehead atoms. The third kappa shape index (κ3) is 1.20. The van der Waals surface area contributed by atoms with Gasteiger partial charge in [0.1, 0.15) is 6.07 Å². The van der Waals surface area contributed by atoms with Gasteiger partial charge in [0.25, 0.3) is 0 Å². The number of nitrogens with zero attached hydrogens (tertiary/aromatic N) is 2. The molecule has 0 saturated carbocycles. The van der Waals surface area contributed by atoms with Crippen LogP contribution < -0.4 is 0 Å². The number of hydrogen-bond donors (Lipinski definition) is 0. The lowest BCUT2D eigenvalue weighted by Crippen LogP contribution is -1.89. The Balaban J connectivity index is 3.02. The summed E-state index contributed by atoms with van der Waals surface area (Å²) in [6, 6.07) is 1.85. The van der Waals surface area contributed by atoms with Crippen LogP contribution in [0.5, 0.6) is 0 Å². The Kier molecular flexibility index (Phi) is 1.78. The molecule has 1 rings (SSSR count). The van der Waals surface area contributed by atoms with Crippen LogP contribution in [0.2, 0.25) is 0 Å². The van der Waals surface area contributed by atoms with E-state index < -0.39 is 0 Å². The van der Waals surface area contributed by atoms with Gasteiger partial charge in [-0.25, -0.2) is 4.98 Å². The van der Waals surface area contributed by atoms with E-state index in [1.807, 2.05) is 6.07 Å². The van der Waals surface area contributed by atoms with Crippen LogP contribution in [-0.2, 0) is 0 Å². The SMILES string of the molecule is CC(=O)c1nc(C#N)cs1. The maximum Gasteiger partial charge on any atom is 0.188 e. The number of nitriles is 1. The Hall–Kier alpha value is -1.21. The zero-order valence-electron chi connectivity index (χ0n) is 5.29. The van der Waals surface area contributed by atoms with Gasteiger partial charge in [0, 0.05) is 12.3 Å². The average Bonchev–Trinajstić information content (AvgIpc) is 2.34. The van der Waals surface area contributed by atoms with Crippen LogP contribution in [0.25, 0.3) is 0 Å². The van der Waals surface area contributed by atoms with Crippen molar-refractivity contribution in [3.63, 3.8) is 0 Å². The van der Waals surface area contributed by atoms with Gasteiger partial charge >= 0.3 is 0 Å². The van der Waals surface area contributed by atoms with Crippen molar-refractivity contribution in [3.8, 4) is 6.07 Å². The van der Waals surface area contributed by atoms with Crippen molar-refractivity contribution < 1.29 is 4.79 Å². The highest BCUT2D eigenvalue weighted by molar-refractivity contribution is 7.11. The van der Waals surface area contributed by atoms with Crippen molar-refractivity contribution >= 4 is 17.1 Å². The third-order valence-electron chi connectivity index (χ3n) is 0.920. The molecule has 3 nitrogen and oxygen atoms in total. The second-order valence-electron chi connectivity index (χ2n) is 1.71. The van der Waals surface area contributed by atoms with Gasteiger partial charge in [0.2, 0.25) is 0 Å². The minimum Gasteiger partial charge on any atom is -0.292 e. The van der Waals surface area contributed by atoms with Crippen LogP contribution >= 0.6 is 11.3 Å². The number of carbonyl (C=O) groups is 1. The van der Waals surface area contributed by atoms with Crippen LogP contribution in [0.15, 0.2) is 5.38 Å². The molecular weight excluding hydrogens is 148 g/mol. The van der Waals surface area contributed by atoms with Gasteiger partial charge in [-0.3, -0.25) is 4.79 Å². The van der Waals surface area contributed by atoms with Crippen LogP contribution in [0.4, 0.5) is 0 Å². The Morgan fingerprint density at radius 2 is 2.60 bits per heavy atom. The minimum atomic E-state index is -0.0912. The summed E-state index contributed by atoms with van der Waals surface area (Å²) in [6.07, 6.45) is 0. The van der Waals surface area contributed by atoms with E-state index >= 15 is 0 Å². The molecule has 0 aromatic carbocycles. The predicted molar refractivity (Wildman–Crippen MR) is 36.8 cm³/mol. The molecule has 0 unspecified atom stereocenters. The molecule has 0 N–H and O–H groups in total. The standard InChI is InChI=1S/C6H4N2OS/c1-4(9)6-8-5(2-7)3-10-6/h3H,1H3. The van der Waals surface area contributed by atoms with Crippen molar-refractivity contribution in [1.29, 1.82) is 5.26 Å². The van der Waals surface area contributed by atoms with E-state index in [-0.39, 0.29) is 5.78 Å². The zero-order chi connectivity index (χ0) is 7.56. The number of rotatable bonds is 1. The van der Waals surface area contributed by atoms with Gasteiger partial charge in [-0.1, -0.05) is 0 Å². The fourth-order valence-electron chi connectivity index (χ4n) is 0.487. The van der Waals surface area contributed by atoms with Gasteiger partial charge in [-0.15, -0.1) is 11.3 Å². The summed E-state index contributed by atoms with van der Waals surface area (Å²) in [5.41, 5.74) is 0.315. The second-order valence-corrected chi connectivity index (χ2v) is 2.56. The number of Topliss-reactive ketones (excluding diaryl/α,β-unsaturated/α-hetero) is 1. The molecule has 0 radical (unpaired) electrons. The maximum atomic E-state index is 10.6. The van der Waals surface area contributed by atoms with Gasteiger partial charge in [0.15, 0.2) is 16.5 Å². The lowest BCUT2D eigenvalue weighted by molar-refractivity contribution is 0.101. The lowest BCUT2D eigenvalue weighted by atomic mass is 10.5. The first-order valence-electron chi connectivity index (χ1n) is 2.60. The van der Waals surface area contributed by atoms with Crippen molar-refractivity contribution in [2.24, 2.45) is 0 Å². The van der Waals surface area contributed by atoms with E-state index in [0.29, 0.717) is 10.7 Å². The number of aromatic nitrogens is 1. The van der Waals surface area contributed by atoms with E-state index in [4.69, 9.17) is 5.26 Å². The predicted octanol–water partition coefficient (Wildman–Crippen LogP) is 1.22. The first-order chi connectivity index (χ1) is 4.74. The summed E-state index contributed by atoms with van der Waals surface area (Å²) < 4.78 is 0. The van der Waals surface area contributed by atoms with Gasteiger partial charge in [0.05, 0.1) is 0 Å². The minimum absolute atomic E-state index is 0.0912. The molecule has 0 aliphatic carbocycles. The van der Waals surface area contributed by atoms with Crippen molar-refractivity contribution in [2.45, 2.75) is 6.92 Å². The van der Waals surface area contributed by atoms with Crippen molar-refractivity contribution in [2.75, 3.05) is 0 Å². The molecule has 0 fully saturated rings. The molecule has 0 spiro atoms. The summed E-state index contributed by atoms with van der Waals surface area (Å²) in [4.78, 5) is 14.3. The van der Waals surface area contributed by atoms with Crippen molar-refractivity contribution in [1.82, 2.24) is 4.98 Å². The quantitative estimate of drug-likeness (QED) is 0.568. The molecule has 1 heterocycles. The molecule has 0 atom stereocenters. The Bertz CT molecular complexity index is 297. The highest BCUT2D eigenvalue weighted by Gasteiger charge is 2.03. The average molecular weight is 152 g/mol. The Labute approximate surface area is 61.9 Å². The second kappa shape index (κ2) is 2.58. The first kappa shape index (κ1) is 6.90. The summed E-state index contributed by atoms with van der Waals surface area (Å²) >= 11 is 1.20. The molecule has 0 aliphatic heterocycles. The number of carbonyl (C=O) groups excluding carboxylic acids is 1. The number of hydrogen-bond acceptors (Lipinski definition) is 4. The smallest absolute Gasteiger partial charge is 0.188 e. The number of ketones is 1. The van der Waals surface area contributed by atoms with Crippen LogP contribution in [-0.4, -0.2) is 10.8 Å². The maximum absolute atomic E-state index is 10.6. The molecule has 0 aliphatic rings. The molecular formula is C6H4N2OS. The largest absolute Gasteiger partial charge is 0.292 e. The van der Waals surface area contributed by atoms with Gasteiger partial charge in [-0.05, 0) is 0 Å². The summed E-state index contributed by atoms with van der Waals surface area (Å²) in [5, 5.41) is 10.3. The molecule has 4 heteroatoms. The Morgan fingerprint density at radius 3 is 2.90 bits per heavy atom. The van der Waals surface area contributed by atoms with E-state index in [9.17, 15) is 4.79 Å². The zero-order valence-corrected chi connectivity index (χ0v) is 6.10. The normalized spacial score (nSPS) is 8.80. The van der Waals surface area contributed by atoms with E-state index in [1.165, 1.54) is 18.3 Å².